The Labute approximate surface area is 98.0 Å². The van der Waals surface area contributed by atoms with Gasteiger partial charge in [0.05, 0.1) is 13.2 Å². The normalized spacial score (nSPS) is 41.9. The van der Waals surface area contributed by atoms with Crippen molar-refractivity contribution < 1.29 is 9.47 Å². The molecule has 0 bridgehead atoms. The standard InChI is InChI=1S/C14H22O2/c1-13-6-4-2-3-5-12(13)11-14(8-7-13)15-9-10-16-14/h3,5,12H,2,4,6-11H2,1H3/t12-,13+/m0/s1. The molecule has 0 aromatic carbocycles. The highest BCUT2D eigenvalue weighted by atomic mass is 16.7. The maximum absolute atomic E-state index is 5.86. The van der Waals surface area contributed by atoms with Crippen LogP contribution in [0.5, 0.6) is 0 Å². The summed E-state index contributed by atoms with van der Waals surface area (Å²) in [6, 6.07) is 0. The molecule has 2 atom stereocenters. The average molecular weight is 222 g/mol. The van der Waals surface area contributed by atoms with Crippen LogP contribution in [0.4, 0.5) is 0 Å². The third kappa shape index (κ3) is 1.72. The van der Waals surface area contributed by atoms with Crippen molar-refractivity contribution in [2.24, 2.45) is 11.3 Å². The zero-order chi connectivity index (χ0) is 11.1. The number of rotatable bonds is 0. The van der Waals surface area contributed by atoms with Crippen molar-refractivity contribution in [1.82, 2.24) is 0 Å². The molecule has 1 aliphatic heterocycles. The molecule has 0 amide bonds. The van der Waals surface area contributed by atoms with Crippen molar-refractivity contribution in [3.63, 3.8) is 0 Å². The van der Waals surface area contributed by atoms with Gasteiger partial charge in [-0.2, -0.15) is 0 Å². The SMILES string of the molecule is C[C@]12CCCC=C[C@H]1CC1(CC2)OCCO1. The quantitative estimate of drug-likeness (QED) is 0.586. The van der Waals surface area contributed by atoms with Gasteiger partial charge in [0.2, 0.25) is 0 Å². The smallest absolute Gasteiger partial charge is 0.169 e. The van der Waals surface area contributed by atoms with Crippen LogP contribution >= 0.6 is 0 Å². The summed E-state index contributed by atoms with van der Waals surface area (Å²) in [5.41, 5.74) is 0.494. The summed E-state index contributed by atoms with van der Waals surface area (Å²) in [7, 11) is 0. The first-order valence-corrected chi connectivity index (χ1v) is 6.67. The van der Waals surface area contributed by atoms with Crippen LogP contribution in [0.15, 0.2) is 12.2 Å². The molecule has 3 rings (SSSR count). The molecule has 90 valence electrons. The van der Waals surface area contributed by atoms with Crippen LogP contribution in [0.3, 0.4) is 0 Å². The van der Waals surface area contributed by atoms with E-state index in [1.54, 1.807) is 0 Å². The van der Waals surface area contributed by atoms with E-state index in [1.807, 2.05) is 0 Å². The fourth-order valence-electron chi connectivity index (χ4n) is 3.60. The van der Waals surface area contributed by atoms with Crippen LogP contribution in [0.2, 0.25) is 0 Å². The third-order valence-corrected chi connectivity index (χ3v) is 4.80. The highest BCUT2D eigenvalue weighted by Crippen LogP contribution is 2.52. The lowest BCUT2D eigenvalue weighted by atomic mass is 9.64. The summed E-state index contributed by atoms with van der Waals surface area (Å²) in [6.07, 6.45) is 12.2. The van der Waals surface area contributed by atoms with E-state index in [2.05, 4.69) is 19.1 Å². The van der Waals surface area contributed by atoms with Crippen LogP contribution in [0, 0.1) is 11.3 Å². The van der Waals surface area contributed by atoms with Gasteiger partial charge in [0.25, 0.3) is 0 Å². The lowest BCUT2D eigenvalue weighted by Gasteiger charge is -2.46. The van der Waals surface area contributed by atoms with Gasteiger partial charge in [0, 0.05) is 12.8 Å². The van der Waals surface area contributed by atoms with Crippen LogP contribution in [-0.2, 0) is 9.47 Å². The Hall–Kier alpha value is -0.340. The number of ether oxygens (including phenoxy) is 2. The molecule has 2 heteroatoms. The highest BCUT2D eigenvalue weighted by molar-refractivity contribution is 5.05. The maximum atomic E-state index is 5.86. The third-order valence-electron chi connectivity index (χ3n) is 4.80. The van der Waals surface area contributed by atoms with Gasteiger partial charge < -0.3 is 9.47 Å². The molecule has 3 aliphatic rings. The lowest BCUT2D eigenvalue weighted by Crippen LogP contribution is -2.44. The first kappa shape index (κ1) is 10.8. The minimum Gasteiger partial charge on any atom is -0.348 e. The molecule has 2 fully saturated rings. The fraction of sp³-hybridized carbons (Fsp3) is 0.857. The first-order valence-electron chi connectivity index (χ1n) is 6.67. The van der Waals surface area contributed by atoms with Gasteiger partial charge in [0.15, 0.2) is 5.79 Å². The van der Waals surface area contributed by atoms with Crippen molar-refractivity contribution in [2.75, 3.05) is 13.2 Å². The van der Waals surface area contributed by atoms with E-state index >= 15 is 0 Å². The second-order valence-corrected chi connectivity index (χ2v) is 5.89. The second-order valence-electron chi connectivity index (χ2n) is 5.89. The van der Waals surface area contributed by atoms with E-state index < -0.39 is 0 Å². The van der Waals surface area contributed by atoms with Crippen molar-refractivity contribution >= 4 is 0 Å². The van der Waals surface area contributed by atoms with E-state index in [1.165, 1.54) is 25.7 Å². The molecule has 1 saturated heterocycles. The number of fused-ring (bicyclic) bond motifs is 1. The second kappa shape index (κ2) is 3.85. The van der Waals surface area contributed by atoms with Gasteiger partial charge in [-0.25, -0.2) is 0 Å². The molecule has 0 N–H and O–H groups in total. The van der Waals surface area contributed by atoms with Gasteiger partial charge in [-0.15, -0.1) is 0 Å². The molecule has 0 aromatic rings. The molecular formula is C14H22O2. The van der Waals surface area contributed by atoms with Crippen molar-refractivity contribution in [2.45, 2.75) is 51.2 Å². The van der Waals surface area contributed by atoms with Crippen LogP contribution in [-0.4, -0.2) is 19.0 Å². The fourth-order valence-corrected chi connectivity index (χ4v) is 3.60. The molecule has 16 heavy (non-hydrogen) atoms. The molecule has 1 spiro atoms. The Kier molecular flexibility index (Phi) is 2.60. The molecular weight excluding hydrogens is 200 g/mol. The Morgan fingerprint density at radius 3 is 2.75 bits per heavy atom. The number of hydrogen-bond donors (Lipinski definition) is 0. The average Bonchev–Trinajstić information content (AvgIpc) is 2.63. The van der Waals surface area contributed by atoms with E-state index in [0.717, 1.165) is 26.1 Å². The van der Waals surface area contributed by atoms with Gasteiger partial charge in [-0.1, -0.05) is 19.1 Å². The van der Waals surface area contributed by atoms with Crippen molar-refractivity contribution in [3.8, 4) is 0 Å². The summed E-state index contributed by atoms with van der Waals surface area (Å²) >= 11 is 0. The minimum atomic E-state index is -0.223. The summed E-state index contributed by atoms with van der Waals surface area (Å²) in [5.74, 6) is 0.431. The Bertz CT molecular complexity index is 291. The molecule has 1 heterocycles. The summed E-state index contributed by atoms with van der Waals surface area (Å²) in [6.45, 7) is 4.02. The molecule has 0 aromatic heterocycles. The molecule has 2 aliphatic carbocycles. The van der Waals surface area contributed by atoms with E-state index in [4.69, 9.17) is 9.47 Å². The highest BCUT2D eigenvalue weighted by Gasteiger charge is 2.48. The number of hydrogen-bond acceptors (Lipinski definition) is 2. The Morgan fingerprint density at radius 1 is 1.12 bits per heavy atom. The summed E-state index contributed by atoms with van der Waals surface area (Å²) in [5, 5.41) is 0. The van der Waals surface area contributed by atoms with Gasteiger partial charge in [-0.3, -0.25) is 0 Å². The molecule has 1 saturated carbocycles. The van der Waals surface area contributed by atoms with Crippen LogP contribution < -0.4 is 0 Å². The van der Waals surface area contributed by atoms with E-state index in [9.17, 15) is 0 Å². The predicted molar refractivity (Wildman–Crippen MR) is 63.1 cm³/mol. The van der Waals surface area contributed by atoms with E-state index in [0.29, 0.717) is 11.3 Å². The topological polar surface area (TPSA) is 18.5 Å². The van der Waals surface area contributed by atoms with Crippen molar-refractivity contribution in [3.05, 3.63) is 12.2 Å². The van der Waals surface area contributed by atoms with Crippen molar-refractivity contribution in [1.29, 1.82) is 0 Å². The van der Waals surface area contributed by atoms with Crippen LogP contribution in [0.25, 0.3) is 0 Å². The molecule has 0 unspecified atom stereocenters. The lowest BCUT2D eigenvalue weighted by molar-refractivity contribution is -0.201. The van der Waals surface area contributed by atoms with E-state index in [-0.39, 0.29) is 5.79 Å². The monoisotopic (exact) mass is 222 g/mol. The van der Waals surface area contributed by atoms with Crippen LogP contribution in [0.1, 0.15) is 45.4 Å². The molecule has 0 radical (unpaired) electrons. The summed E-state index contributed by atoms with van der Waals surface area (Å²) in [4.78, 5) is 0. The van der Waals surface area contributed by atoms with Gasteiger partial charge in [-0.05, 0) is 37.0 Å². The maximum Gasteiger partial charge on any atom is 0.169 e. The zero-order valence-electron chi connectivity index (χ0n) is 10.2. The number of allylic oxidation sites excluding steroid dienone is 2. The Balaban J connectivity index is 1.81. The zero-order valence-corrected chi connectivity index (χ0v) is 10.2. The largest absolute Gasteiger partial charge is 0.348 e. The summed E-state index contributed by atoms with van der Waals surface area (Å²) < 4.78 is 11.7. The molecule has 2 nitrogen and oxygen atoms in total. The minimum absolute atomic E-state index is 0.223. The van der Waals surface area contributed by atoms with Gasteiger partial charge in [0.1, 0.15) is 0 Å². The predicted octanol–water partition coefficient (Wildman–Crippen LogP) is 3.28. The van der Waals surface area contributed by atoms with Gasteiger partial charge >= 0.3 is 0 Å². The first-order chi connectivity index (χ1) is 7.73. The Morgan fingerprint density at radius 2 is 1.94 bits per heavy atom.